The second-order valence-corrected chi connectivity index (χ2v) is 15.9. The first-order valence-electron chi connectivity index (χ1n) is 17.8. The van der Waals surface area contributed by atoms with Crippen molar-refractivity contribution < 1.29 is 0 Å². The highest BCUT2D eigenvalue weighted by Crippen LogP contribution is 2.26. The fraction of sp³-hybridized carbons (Fsp3) is 0.362. The minimum Gasteiger partial charge on any atom is -0.0625 e. The molecule has 0 aliphatic heterocycles. The van der Waals surface area contributed by atoms with Gasteiger partial charge in [-0.1, -0.05) is 151 Å². The Morgan fingerprint density at radius 3 is 1.40 bits per heavy atom. The van der Waals surface area contributed by atoms with Gasteiger partial charge in [0, 0.05) is 0 Å². The summed E-state index contributed by atoms with van der Waals surface area (Å²) in [6, 6.07) is 41.9. The van der Waals surface area contributed by atoms with E-state index in [0.717, 1.165) is 38.5 Å². The van der Waals surface area contributed by atoms with Crippen LogP contribution in [0.15, 0.2) is 109 Å². The highest BCUT2D eigenvalue weighted by molar-refractivity contribution is 5.39. The van der Waals surface area contributed by atoms with Gasteiger partial charge in [0.15, 0.2) is 0 Å². The smallest absolute Gasteiger partial charge is 0.00256 e. The lowest BCUT2D eigenvalue weighted by atomic mass is 9.88. The predicted octanol–water partition coefficient (Wildman–Crippen LogP) is 12.2. The van der Waals surface area contributed by atoms with Crippen LogP contribution in [0.2, 0.25) is 0 Å². The molecule has 0 bridgehead atoms. The molecule has 5 aromatic rings. The summed E-state index contributed by atoms with van der Waals surface area (Å²) in [7, 11) is 0. The van der Waals surface area contributed by atoms with E-state index in [1.165, 1.54) is 66.8 Å². The Bertz CT molecular complexity index is 1730. The summed E-state index contributed by atoms with van der Waals surface area (Å²) in [5.41, 5.74) is 17.2. The summed E-state index contributed by atoms with van der Waals surface area (Å²) in [4.78, 5) is 0. The van der Waals surface area contributed by atoms with E-state index in [9.17, 15) is 0 Å². The van der Waals surface area contributed by atoms with Gasteiger partial charge in [-0.25, -0.2) is 0 Å². The third-order valence-corrected chi connectivity index (χ3v) is 9.53. The largest absolute Gasteiger partial charge is 0.0625 e. The first-order chi connectivity index (χ1) is 22.4. The van der Waals surface area contributed by atoms with E-state index in [0.29, 0.717) is 17.3 Å². The fourth-order valence-electron chi connectivity index (χ4n) is 6.87. The van der Waals surface area contributed by atoms with Crippen molar-refractivity contribution in [1.29, 1.82) is 0 Å². The molecule has 0 fully saturated rings. The maximum atomic E-state index is 2.42. The molecule has 0 spiro atoms. The van der Waals surface area contributed by atoms with Crippen molar-refractivity contribution in [1.82, 2.24) is 0 Å². The molecule has 0 radical (unpaired) electrons. The average molecular weight is 621 g/mol. The van der Waals surface area contributed by atoms with Gasteiger partial charge < -0.3 is 0 Å². The monoisotopic (exact) mass is 620 g/mol. The molecule has 1 unspecified atom stereocenters. The van der Waals surface area contributed by atoms with Crippen LogP contribution in [0, 0.1) is 25.2 Å². The van der Waals surface area contributed by atoms with Crippen LogP contribution in [0.3, 0.4) is 0 Å². The molecule has 47 heavy (non-hydrogen) atoms. The minimum absolute atomic E-state index is 0.322. The van der Waals surface area contributed by atoms with Crippen molar-refractivity contribution in [3.8, 4) is 0 Å². The van der Waals surface area contributed by atoms with Crippen molar-refractivity contribution in [2.75, 3.05) is 0 Å². The number of rotatable bonds is 12. The molecular formula is C47H56. The fourth-order valence-corrected chi connectivity index (χ4v) is 6.87. The molecule has 0 saturated carbocycles. The van der Waals surface area contributed by atoms with Crippen LogP contribution in [0.4, 0.5) is 0 Å². The van der Waals surface area contributed by atoms with Crippen LogP contribution < -0.4 is 0 Å². The summed E-state index contributed by atoms with van der Waals surface area (Å²) in [5.74, 6) is 1.16. The number of benzene rings is 5. The maximum absolute atomic E-state index is 2.42. The Balaban J connectivity index is 1.14. The van der Waals surface area contributed by atoms with Crippen LogP contribution >= 0.6 is 0 Å². The molecule has 0 aliphatic rings. The van der Waals surface area contributed by atoms with Crippen LogP contribution in [-0.4, -0.2) is 0 Å². The van der Waals surface area contributed by atoms with Crippen molar-refractivity contribution in [2.45, 2.75) is 99.8 Å². The Morgan fingerprint density at radius 2 is 0.894 bits per heavy atom. The van der Waals surface area contributed by atoms with Gasteiger partial charge in [0.05, 0.1) is 0 Å². The van der Waals surface area contributed by atoms with Gasteiger partial charge in [-0.2, -0.15) is 0 Å². The summed E-state index contributed by atoms with van der Waals surface area (Å²) in [6.07, 6.45) is 6.28. The maximum Gasteiger partial charge on any atom is -0.00256 e. The minimum atomic E-state index is 0.322. The lowest BCUT2D eigenvalue weighted by Gasteiger charge is -2.18. The molecule has 0 amide bonds. The molecule has 5 aromatic carbocycles. The Labute approximate surface area is 286 Å². The second-order valence-electron chi connectivity index (χ2n) is 15.9. The highest BCUT2D eigenvalue weighted by Gasteiger charge is 2.12. The predicted molar refractivity (Wildman–Crippen MR) is 204 cm³/mol. The van der Waals surface area contributed by atoms with E-state index in [4.69, 9.17) is 0 Å². The van der Waals surface area contributed by atoms with Gasteiger partial charge >= 0.3 is 0 Å². The summed E-state index contributed by atoms with van der Waals surface area (Å²) in [6.45, 7) is 18.4. The molecule has 5 rings (SSSR count). The lowest BCUT2D eigenvalue weighted by molar-refractivity contribution is 0.411. The van der Waals surface area contributed by atoms with Gasteiger partial charge in [0.2, 0.25) is 0 Å². The van der Waals surface area contributed by atoms with Crippen LogP contribution in [0.5, 0.6) is 0 Å². The van der Waals surface area contributed by atoms with Gasteiger partial charge in [0.25, 0.3) is 0 Å². The first-order valence-corrected chi connectivity index (χ1v) is 17.8. The number of hydrogen-bond donors (Lipinski definition) is 0. The Morgan fingerprint density at radius 1 is 0.447 bits per heavy atom. The van der Waals surface area contributed by atoms with Crippen LogP contribution in [-0.2, 0) is 38.5 Å². The zero-order valence-electron chi connectivity index (χ0n) is 30.3. The summed E-state index contributed by atoms with van der Waals surface area (Å²) < 4.78 is 0. The first kappa shape index (κ1) is 34.4. The van der Waals surface area contributed by atoms with Gasteiger partial charge in [0.1, 0.15) is 0 Å². The van der Waals surface area contributed by atoms with E-state index in [2.05, 4.69) is 165 Å². The van der Waals surface area contributed by atoms with E-state index >= 15 is 0 Å². The number of hydrogen-bond acceptors (Lipinski definition) is 0. The van der Waals surface area contributed by atoms with Crippen LogP contribution in [0.25, 0.3) is 0 Å². The highest BCUT2D eigenvalue weighted by atomic mass is 14.2. The number of aryl methyl sites for hydroxylation is 2. The third kappa shape index (κ3) is 10.3. The van der Waals surface area contributed by atoms with E-state index in [1.807, 2.05) is 0 Å². The molecule has 0 nitrogen and oxygen atoms in total. The van der Waals surface area contributed by atoms with E-state index < -0.39 is 0 Å². The zero-order valence-corrected chi connectivity index (χ0v) is 30.3. The molecule has 0 heteroatoms. The zero-order chi connectivity index (χ0) is 33.6. The van der Waals surface area contributed by atoms with Crippen molar-refractivity contribution in [3.63, 3.8) is 0 Å². The molecule has 0 heterocycles. The average Bonchev–Trinajstić information content (AvgIpc) is 3.01. The second kappa shape index (κ2) is 15.3. The van der Waals surface area contributed by atoms with Crippen molar-refractivity contribution >= 4 is 0 Å². The Hall–Kier alpha value is -3.90. The van der Waals surface area contributed by atoms with Gasteiger partial charge in [-0.05, 0) is 136 Å². The van der Waals surface area contributed by atoms with Crippen molar-refractivity contribution in [3.05, 3.63) is 176 Å². The molecule has 0 N–H and O–H groups in total. The van der Waals surface area contributed by atoms with Gasteiger partial charge in [-0.15, -0.1) is 0 Å². The third-order valence-electron chi connectivity index (χ3n) is 9.53. The summed E-state index contributed by atoms with van der Waals surface area (Å²) in [5, 5.41) is 0. The molecular weight excluding hydrogens is 565 g/mol. The van der Waals surface area contributed by atoms with Gasteiger partial charge in [-0.3, -0.25) is 0 Å². The molecule has 0 saturated heterocycles. The lowest BCUT2D eigenvalue weighted by Crippen LogP contribution is -2.08. The quantitative estimate of drug-likeness (QED) is 0.130. The van der Waals surface area contributed by atoms with E-state index in [-0.39, 0.29) is 0 Å². The SMILES string of the molecule is Cc1ccc(Cc2ccc(CC(C)c3ccc(Cc4ccc(Cc5ccc(CC(C)(C)C)cc5)cc4)cc3)c(C)c2)cc1CC(C)C. The molecule has 0 aliphatic carbocycles. The normalized spacial score (nSPS) is 12.4. The molecule has 0 aromatic heterocycles. The Kier molecular flexibility index (Phi) is 11.2. The van der Waals surface area contributed by atoms with Crippen molar-refractivity contribution in [2.24, 2.45) is 11.3 Å². The molecule has 244 valence electrons. The molecule has 1 atom stereocenters. The topological polar surface area (TPSA) is 0 Å². The van der Waals surface area contributed by atoms with E-state index in [1.54, 1.807) is 0 Å². The standard InChI is InChI=1S/C47H56/c1-33(2)25-46-31-43(10-9-34(46)3)30-42-21-24-45(35(4)26-42)27-36(5)44-22-19-40(20-23-44)29-38-13-11-37(12-14-38)28-39-15-17-41(18-16-39)32-47(6,7)8/h9-24,26,31,33,36H,25,27-30,32H2,1-8H3. The summed E-state index contributed by atoms with van der Waals surface area (Å²) >= 11 is 0. The van der Waals surface area contributed by atoms with Crippen LogP contribution in [0.1, 0.15) is 114 Å².